The number of hydrogen-bond acceptors (Lipinski definition) is 3. The molecule has 21 heavy (non-hydrogen) atoms. The largest absolute Gasteiger partial charge is 0.497 e. The van der Waals surface area contributed by atoms with Gasteiger partial charge in [-0.3, -0.25) is 0 Å². The fourth-order valence-corrected chi connectivity index (χ4v) is 2.56. The highest BCUT2D eigenvalue weighted by Gasteiger charge is 2.13. The monoisotopic (exact) mass is 281 g/mol. The molecule has 1 aromatic carbocycles. The standard InChI is InChI=1S/C17H19N3O/c1-21-14-7-4-6-13(12-14)17-15(8-5-10-18)20-11-3-2-9-16(20)19-17/h2-4,6-7,9,11-12H,5,8,10,18H2,1H3. The van der Waals surface area contributed by atoms with Crippen molar-refractivity contribution in [3.8, 4) is 17.0 Å². The van der Waals surface area contributed by atoms with Crippen molar-refractivity contribution in [1.82, 2.24) is 9.38 Å². The zero-order valence-corrected chi connectivity index (χ0v) is 12.1. The second kappa shape index (κ2) is 5.97. The molecule has 0 aliphatic rings. The Morgan fingerprint density at radius 3 is 2.90 bits per heavy atom. The average molecular weight is 281 g/mol. The summed E-state index contributed by atoms with van der Waals surface area (Å²) in [6.07, 6.45) is 3.91. The van der Waals surface area contributed by atoms with Crippen molar-refractivity contribution in [3.63, 3.8) is 0 Å². The fraction of sp³-hybridized carbons (Fsp3) is 0.235. The van der Waals surface area contributed by atoms with Gasteiger partial charge in [0.25, 0.3) is 0 Å². The number of nitrogens with two attached hydrogens (primary N) is 1. The topological polar surface area (TPSA) is 52.5 Å². The summed E-state index contributed by atoms with van der Waals surface area (Å²) >= 11 is 0. The van der Waals surface area contributed by atoms with Gasteiger partial charge in [0, 0.05) is 11.8 Å². The maximum atomic E-state index is 5.67. The third-order valence-electron chi connectivity index (χ3n) is 3.59. The van der Waals surface area contributed by atoms with Crippen LogP contribution in [0.3, 0.4) is 0 Å². The van der Waals surface area contributed by atoms with Gasteiger partial charge in [0.05, 0.1) is 18.5 Å². The fourth-order valence-electron chi connectivity index (χ4n) is 2.56. The van der Waals surface area contributed by atoms with E-state index in [1.165, 1.54) is 5.69 Å². The third-order valence-corrected chi connectivity index (χ3v) is 3.59. The van der Waals surface area contributed by atoms with Crippen LogP contribution in [0.15, 0.2) is 48.7 Å². The molecule has 0 unspecified atom stereocenters. The highest BCUT2D eigenvalue weighted by atomic mass is 16.5. The Morgan fingerprint density at radius 2 is 2.10 bits per heavy atom. The first-order chi connectivity index (χ1) is 10.3. The molecule has 3 rings (SSSR count). The van der Waals surface area contributed by atoms with Gasteiger partial charge in [-0.05, 0) is 43.7 Å². The van der Waals surface area contributed by atoms with Crippen molar-refractivity contribution < 1.29 is 4.74 Å². The van der Waals surface area contributed by atoms with Crippen LogP contribution in [0.2, 0.25) is 0 Å². The van der Waals surface area contributed by atoms with Crippen LogP contribution in [0.1, 0.15) is 12.1 Å². The number of methoxy groups -OCH3 is 1. The first-order valence-corrected chi connectivity index (χ1v) is 7.14. The minimum absolute atomic E-state index is 0.678. The predicted molar refractivity (Wildman–Crippen MR) is 84.6 cm³/mol. The Labute approximate surface area is 124 Å². The first kappa shape index (κ1) is 13.6. The number of hydrogen-bond donors (Lipinski definition) is 1. The second-order valence-corrected chi connectivity index (χ2v) is 4.96. The Hall–Kier alpha value is -2.33. The molecule has 0 atom stereocenters. The highest BCUT2D eigenvalue weighted by molar-refractivity contribution is 5.68. The zero-order chi connectivity index (χ0) is 14.7. The molecular formula is C17H19N3O. The quantitative estimate of drug-likeness (QED) is 0.782. The summed E-state index contributed by atoms with van der Waals surface area (Å²) in [4.78, 5) is 4.78. The Kier molecular flexibility index (Phi) is 3.88. The van der Waals surface area contributed by atoms with Crippen LogP contribution in [0, 0.1) is 0 Å². The molecule has 0 saturated heterocycles. The number of aryl methyl sites for hydroxylation is 1. The molecule has 0 fully saturated rings. The van der Waals surface area contributed by atoms with E-state index in [4.69, 9.17) is 15.5 Å². The molecule has 2 N–H and O–H groups in total. The van der Waals surface area contributed by atoms with E-state index in [1.54, 1.807) is 7.11 Å². The van der Waals surface area contributed by atoms with Crippen LogP contribution >= 0.6 is 0 Å². The summed E-state index contributed by atoms with van der Waals surface area (Å²) in [5.74, 6) is 0.842. The van der Waals surface area contributed by atoms with E-state index < -0.39 is 0 Å². The second-order valence-electron chi connectivity index (χ2n) is 4.96. The lowest BCUT2D eigenvalue weighted by atomic mass is 10.1. The van der Waals surface area contributed by atoms with Gasteiger partial charge in [-0.15, -0.1) is 0 Å². The summed E-state index contributed by atoms with van der Waals surface area (Å²) in [6, 6.07) is 14.1. The van der Waals surface area contributed by atoms with E-state index in [0.29, 0.717) is 6.54 Å². The summed E-state index contributed by atoms with van der Waals surface area (Å²) in [6.45, 7) is 0.678. The molecule has 3 aromatic rings. The highest BCUT2D eigenvalue weighted by Crippen LogP contribution is 2.28. The molecule has 0 amide bonds. The summed E-state index contributed by atoms with van der Waals surface area (Å²) in [7, 11) is 1.68. The molecule has 0 radical (unpaired) electrons. The Bertz CT molecular complexity index is 749. The van der Waals surface area contributed by atoms with E-state index in [1.807, 2.05) is 36.4 Å². The normalized spacial score (nSPS) is 11.0. The number of aromatic nitrogens is 2. The van der Waals surface area contributed by atoms with Gasteiger partial charge in [0.2, 0.25) is 0 Å². The van der Waals surface area contributed by atoms with Crippen molar-refractivity contribution in [2.24, 2.45) is 5.73 Å². The molecule has 4 nitrogen and oxygen atoms in total. The van der Waals surface area contributed by atoms with Crippen LogP contribution in [0.5, 0.6) is 5.75 Å². The minimum Gasteiger partial charge on any atom is -0.497 e. The van der Waals surface area contributed by atoms with E-state index in [2.05, 4.69) is 16.7 Å². The number of nitrogens with zero attached hydrogens (tertiary/aromatic N) is 2. The zero-order valence-electron chi connectivity index (χ0n) is 12.1. The van der Waals surface area contributed by atoms with Crippen molar-refractivity contribution in [2.75, 3.05) is 13.7 Å². The Morgan fingerprint density at radius 1 is 1.19 bits per heavy atom. The lowest BCUT2D eigenvalue weighted by molar-refractivity contribution is 0.415. The SMILES string of the molecule is COc1cccc(-c2nc3ccccn3c2CCCN)c1. The van der Waals surface area contributed by atoms with Crippen LogP contribution in [-0.4, -0.2) is 23.0 Å². The van der Waals surface area contributed by atoms with Crippen LogP contribution < -0.4 is 10.5 Å². The molecular weight excluding hydrogens is 262 g/mol. The number of fused-ring (bicyclic) bond motifs is 1. The van der Waals surface area contributed by atoms with Crippen molar-refractivity contribution >= 4 is 5.65 Å². The van der Waals surface area contributed by atoms with Gasteiger partial charge in [-0.1, -0.05) is 18.2 Å². The molecule has 0 aliphatic heterocycles. The molecule has 4 heteroatoms. The number of pyridine rings is 1. The molecule has 0 aliphatic carbocycles. The number of ether oxygens (including phenoxy) is 1. The molecule has 2 aromatic heterocycles. The van der Waals surface area contributed by atoms with Gasteiger partial charge >= 0.3 is 0 Å². The smallest absolute Gasteiger partial charge is 0.137 e. The predicted octanol–water partition coefficient (Wildman–Crippen LogP) is 2.90. The third kappa shape index (κ3) is 2.62. The minimum atomic E-state index is 0.678. The van der Waals surface area contributed by atoms with Crippen molar-refractivity contribution in [1.29, 1.82) is 0 Å². The van der Waals surface area contributed by atoms with Gasteiger partial charge in [-0.2, -0.15) is 0 Å². The van der Waals surface area contributed by atoms with Crippen LogP contribution in [0.25, 0.3) is 16.9 Å². The van der Waals surface area contributed by atoms with Gasteiger partial charge in [0.15, 0.2) is 0 Å². The number of benzene rings is 1. The first-order valence-electron chi connectivity index (χ1n) is 7.14. The molecule has 0 bridgehead atoms. The summed E-state index contributed by atoms with van der Waals surface area (Å²) < 4.78 is 7.46. The van der Waals surface area contributed by atoms with E-state index >= 15 is 0 Å². The lowest BCUT2D eigenvalue weighted by Gasteiger charge is -2.06. The molecule has 0 spiro atoms. The van der Waals surface area contributed by atoms with Crippen LogP contribution in [0.4, 0.5) is 0 Å². The van der Waals surface area contributed by atoms with E-state index in [0.717, 1.165) is 35.5 Å². The van der Waals surface area contributed by atoms with Crippen molar-refractivity contribution in [3.05, 3.63) is 54.4 Å². The maximum absolute atomic E-state index is 5.67. The van der Waals surface area contributed by atoms with Gasteiger partial charge < -0.3 is 14.9 Å². The molecule has 0 saturated carbocycles. The maximum Gasteiger partial charge on any atom is 0.137 e. The van der Waals surface area contributed by atoms with Gasteiger partial charge in [-0.25, -0.2) is 4.98 Å². The molecule has 108 valence electrons. The molecule has 2 heterocycles. The van der Waals surface area contributed by atoms with E-state index in [9.17, 15) is 0 Å². The van der Waals surface area contributed by atoms with E-state index in [-0.39, 0.29) is 0 Å². The lowest BCUT2D eigenvalue weighted by Crippen LogP contribution is -2.03. The van der Waals surface area contributed by atoms with Gasteiger partial charge in [0.1, 0.15) is 11.4 Å². The average Bonchev–Trinajstić information content (AvgIpc) is 2.91. The Balaban J connectivity index is 2.15. The van der Waals surface area contributed by atoms with Crippen LogP contribution in [-0.2, 0) is 6.42 Å². The number of rotatable bonds is 5. The van der Waals surface area contributed by atoms with Crippen molar-refractivity contribution in [2.45, 2.75) is 12.8 Å². The summed E-state index contributed by atoms with van der Waals surface area (Å²) in [5.41, 5.74) is 9.91. The summed E-state index contributed by atoms with van der Waals surface area (Å²) in [5, 5.41) is 0. The number of imidazole rings is 1.